The van der Waals surface area contributed by atoms with Crippen molar-refractivity contribution < 1.29 is 10.2 Å². The van der Waals surface area contributed by atoms with E-state index in [2.05, 4.69) is 13.8 Å². The summed E-state index contributed by atoms with van der Waals surface area (Å²) in [6, 6.07) is 0. The third-order valence-electron chi connectivity index (χ3n) is 2.52. The summed E-state index contributed by atoms with van der Waals surface area (Å²) in [5.41, 5.74) is 0. The van der Waals surface area contributed by atoms with Gasteiger partial charge in [-0.25, -0.2) is 0 Å². The van der Waals surface area contributed by atoms with E-state index < -0.39 is 0 Å². The van der Waals surface area contributed by atoms with Crippen LogP contribution in [0.2, 0.25) is 0 Å². The van der Waals surface area contributed by atoms with Gasteiger partial charge in [0.25, 0.3) is 0 Å². The number of unbranched alkanes of at least 4 members (excludes halogenated alkanes) is 4. The predicted octanol–water partition coefficient (Wildman–Crippen LogP) is 3.90. The zero-order valence-electron chi connectivity index (χ0n) is 11.4. The summed E-state index contributed by atoms with van der Waals surface area (Å²) in [5, 5.41) is 16.4. The van der Waals surface area contributed by atoms with Crippen LogP contribution in [0.15, 0.2) is 0 Å². The molecule has 0 amide bonds. The predicted molar refractivity (Wildman–Crippen MR) is 71.7 cm³/mol. The molecule has 0 aromatic heterocycles. The minimum absolute atomic E-state index is 0.355. The highest BCUT2D eigenvalue weighted by atomic mass is 16.3. The van der Waals surface area contributed by atoms with Crippen LogP contribution in [-0.2, 0) is 0 Å². The fourth-order valence-corrected chi connectivity index (χ4v) is 0.974. The van der Waals surface area contributed by atoms with Gasteiger partial charge in [-0.15, -0.1) is 0 Å². The van der Waals surface area contributed by atoms with Crippen LogP contribution in [0.25, 0.3) is 0 Å². The lowest BCUT2D eigenvalue weighted by molar-refractivity contribution is 0.284. The molecule has 0 aromatic carbocycles. The van der Waals surface area contributed by atoms with Crippen LogP contribution in [0.4, 0.5) is 0 Å². The molecule has 1 rings (SSSR count). The van der Waals surface area contributed by atoms with Crippen LogP contribution < -0.4 is 0 Å². The Kier molecular flexibility index (Phi) is 23.3. The van der Waals surface area contributed by atoms with Crippen molar-refractivity contribution in [2.75, 3.05) is 13.2 Å². The Bertz CT molecular complexity index is 70.7. The molecule has 0 saturated heterocycles. The zero-order chi connectivity index (χ0) is 12.5. The van der Waals surface area contributed by atoms with E-state index in [4.69, 9.17) is 10.2 Å². The summed E-state index contributed by atoms with van der Waals surface area (Å²) in [7, 11) is 0. The first-order valence-electron chi connectivity index (χ1n) is 7.05. The van der Waals surface area contributed by atoms with Crippen molar-refractivity contribution in [2.24, 2.45) is 0 Å². The lowest BCUT2D eigenvalue weighted by atomic mass is 10.0. The molecule has 2 N–H and O–H groups in total. The van der Waals surface area contributed by atoms with Crippen LogP contribution >= 0.6 is 0 Å². The summed E-state index contributed by atoms with van der Waals surface area (Å²) >= 11 is 0. The van der Waals surface area contributed by atoms with Crippen molar-refractivity contribution in [2.45, 2.75) is 78.1 Å². The highest BCUT2D eigenvalue weighted by Gasteiger charge is 1.95. The normalized spacial score (nSPS) is 12.8. The number of aliphatic hydroxyl groups is 2. The minimum Gasteiger partial charge on any atom is -0.396 e. The Labute approximate surface area is 102 Å². The van der Waals surface area contributed by atoms with E-state index in [-0.39, 0.29) is 0 Å². The van der Waals surface area contributed by atoms with Gasteiger partial charge in [0.05, 0.1) is 0 Å². The largest absolute Gasteiger partial charge is 0.396 e. The van der Waals surface area contributed by atoms with Crippen molar-refractivity contribution in [1.29, 1.82) is 0 Å². The molecular weight excluding hydrogens is 200 g/mol. The van der Waals surface area contributed by atoms with Gasteiger partial charge >= 0.3 is 0 Å². The molecule has 0 aromatic rings. The third-order valence-corrected chi connectivity index (χ3v) is 2.52. The van der Waals surface area contributed by atoms with E-state index in [1.54, 1.807) is 0 Å². The van der Waals surface area contributed by atoms with Gasteiger partial charge in [-0.1, -0.05) is 65.2 Å². The molecule has 0 spiro atoms. The molecule has 1 aliphatic rings. The fourth-order valence-electron chi connectivity index (χ4n) is 0.974. The molecule has 2 heteroatoms. The van der Waals surface area contributed by atoms with E-state index in [1.807, 2.05) is 0 Å². The first kappa shape index (κ1) is 18.3. The average molecular weight is 232 g/mol. The van der Waals surface area contributed by atoms with Gasteiger partial charge in [0.2, 0.25) is 0 Å². The van der Waals surface area contributed by atoms with E-state index >= 15 is 0 Å². The Hall–Kier alpha value is -0.0800. The number of aliphatic hydroxyl groups excluding tert-OH is 2. The van der Waals surface area contributed by atoms with Gasteiger partial charge in [-0.2, -0.15) is 0 Å². The summed E-state index contributed by atoms with van der Waals surface area (Å²) in [4.78, 5) is 0. The molecule has 0 heterocycles. The highest BCUT2D eigenvalue weighted by Crippen LogP contribution is 2.15. The third kappa shape index (κ3) is 23.6. The van der Waals surface area contributed by atoms with Crippen molar-refractivity contribution in [1.82, 2.24) is 0 Å². The maximum atomic E-state index is 8.20. The van der Waals surface area contributed by atoms with Crippen LogP contribution in [0.5, 0.6) is 0 Å². The fraction of sp³-hybridized carbons (Fsp3) is 1.00. The molecular formula is C14H32O2. The second kappa shape index (κ2) is 20.3. The van der Waals surface area contributed by atoms with Gasteiger partial charge in [0.1, 0.15) is 0 Å². The van der Waals surface area contributed by atoms with Crippen molar-refractivity contribution in [3.8, 4) is 0 Å². The molecule has 0 unspecified atom stereocenters. The van der Waals surface area contributed by atoms with Crippen molar-refractivity contribution in [3.05, 3.63) is 0 Å². The zero-order valence-corrected chi connectivity index (χ0v) is 11.4. The standard InChI is InChI=1S/2C5H12O.C4H8/c2*1-2-3-4-5-6;1-2-4-3-1/h2*6H,2-5H2,1H3;1-4H2. The molecule has 100 valence electrons. The van der Waals surface area contributed by atoms with E-state index in [0.717, 1.165) is 25.7 Å². The molecule has 0 bridgehead atoms. The van der Waals surface area contributed by atoms with E-state index in [1.165, 1.54) is 38.5 Å². The molecule has 16 heavy (non-hydrogen) atoms. The second-order valence-corrected chi connectivity index (χ2v) is 4.28. The Morgan fingerprint density at radius 3 is 1.00 bits per heavy atom. The van der Waals surface area contributed by atoms with E-state index in [9.17, 15) is 0 Å². The molecule has 0 radical (unpaired) electrons. The van der Waals surface area contributed by atoms with Crippen molar-refractivity contribution in [3.63, 3.8) is 0 Å². The topological polar surface area (TPSA) is 40.5 Å². The van der Waals surface area contributed by atoms with Gasteiger partial charge < -0.3 is 10.2 Å². The Morgan fingerprint density at radius 2 is 0.938 bits per heavy atom. The molecule has 0 atom stereocenters. The summed E-state index contributed by atoms with van der Waals surface area (Å²) in [6.45, 7) is 4.95. The lowest BCUT2D eigenvalue weighted by Gasteiger charge is -2.05. The van der Waals surface area contributed by atoms with Crippen LogP contribution in [0.3, 0.4) is 0 Å². The summed E-state index contributed by atoms with van der Waals surface area (Å²) in [5.74, 6) is 0. The maximum Gasteiger partial charge on any atom is 0.0431 e. The van der Waals surface area contributed by atoms with Crippen molar-refractivity contribution >= 4 is 0 Å². The number of rotatable bonds is 6. The SMILES string of the molecule is C1CCC1.CCCCCO.CCCCCO. The smallest absolute Gasteiger partial charge is 0.0431 e. The first-order valence-corrected chi connectivity index (χ1v) is 7.05. The monoisotopic (exact) mass is 232 g/mol. The van der Waals surface area contributed by atoms with Gasteiger partial charge in [-0.3, -0.25) is 0 Å². The molecule has 1 saturated carbocycles. The van der Waals surface area contributed by atoms with E-state index in [0.29, 0.717) is 13.2 Å². The Balaban J connectivity index is 0. The maximum absolute atomic E-state index is 8.20. The Morgan fingerprint density at radius 1 is 0.625 bits per heavy atom. The average Bonchev–Trinajstić information content (AvgIpc) is 2.22. The van der Waals surface area contributed by atoms with Crippen LogP contribution in [0, 0.1) is 0 Å². The highest BCUT2D eigenvalue weighted by molar-refractivity contribution is 4.50. The number of hydrogen-bond donors (Lipinski definition) is 2. The molecule has 0 aliphatic heterocycles. The summed E-state index contributed by atoms with van der Waals surface area (Å²) in [6.07, 6.45) is 12.7. The number of hydrogen-bond acceptors (Lipinski definition) is 2. The lowest BCUT2D eigenvalue weighted by Crippen LogP contribution is -1.85. The van der Waals surface area contributed by atoms with Crippen LogP contribution in [0.1, 0.15) is 78.1 Å². The minimum atomic E-state index is 0.355. The molecule has 1 aliphatic carbocycles. The van der Waals surface area contributed by atoms with Gasteiger partial charge in [0, 0.05) is 13.2 Å². The quantitative estimate of drug-likeness (QED) is 0.682. The van der Waals surface area contributed by atoms with Gasteiger partial charge in [0.15, 0.2) is 0 Å². The molecule has 1 fully saturated rings. The summed E-state index contributed by atoms with van der Waals surface area (Å²) < 4.78 is 0. The first-order chi connectivity index (χ1) is 7.83. The van der Waals surface area contributed by atoms with Crippen LogP contribution in [-0.4, -0.2) is 23.4 Å². The van der Waals surface area contributed by atoms with Gasteiger partial charge in [-0.05, 0) is 12.8 Å². The second-order valence-electron chi connectivity index (χ2n) is 4.28. The molecule has 2 nitrogen and oxygen atoms in total.